The molecule has 1 aliphatic heterocycles. The van der Waals surface area contributed by atoms with E-state index in [0.29, 0.717) is 22.5 Å². The number of hydrogen-bond acceptors (Lipinski definition) is 6. The lowest BCUT2D eigenvalue weighted by Crippen LogP contribution is -2.41. The molecular formula is C30H33BO6. The third-order valence-corrected chi connectivity index (χ3v) is 6.86. The second-order valence-corrected chi connectivity index (χ2v) is 9.93. The van der Waals surface area contributed by atoms with Gasteiger partial charge in [-0.3, -0.25) is 4.79 Å². The molecule has 7 heteroatoms. The summed E-state index contributed by atoms with van der Waals surface area (Å²) >= 11 is 0. The fourth-order valence-electron chi connectivity index (χ4n) is 3.93. The van der Waals surface area contributed by atoms with Gasteiger partial charge in [0.1, 0.15) is 12.4 Å². The normalized spacial score (nSPS) is 16.1. The third kappa shape index (κ3) is 5.90. The summed E-state index contributed by atoms with van der Waals surface area (Å²) in [6.45, 7) is 8.21. The summed E-state index contributed by atoms with van der Waals surface area (Å²) in [5.41, 5.74) is 1.85. The molecule has 37 heavy (non-hydrogen) atoms. The predicted octanol–water partition coefficient (Wildman–Crippen LogP) is 5.48. The Morgan fingerprint density at radius 2 is 1.54 bits per heavy atom. The van der Waals surface area contributed by atoms with Crippen molar-refractivity contribution in [2.45, 2.75) is 45.5 Å². The van der Waals surface area contributed by atoms with Crippen LogP contribution in [0.4, 0.5) is 0 Å². The monoisotopic (exact) mass is 500 g/mol. The van der Waals surface area contributed by atoms with E-state index in [1.807, 2.05) is 88.4 Å². The second kappa shape index (κ2) is 10.8. The molecule has 0 spiro atoms. The average molecular weight is 500 g/mol. The molecule has 1 aliphatic rings. The Kier molecular flexibility index (Phi) is 7.76. The maximum absolute atomic E-state index is 13.5. The summed E-state index contributed by atoms with van der Waals surface area (Å²) in [4.78, 5) is 13.5. The highest BCUT2D eigenvalue weighted by molar-refractivity contribution is 6.62. The lowest BCUT2D eigenvalue weighted by Gasteiger charge is -2.32. The zero-order chi connectivity index (χ0) is 26.6. The highest BCUT2D eigenvalue weighted by atomic mass is 16.7. The van der Waals surface area contributed by atoms with Crippen LogP contribution in [-0.4, -0.2) is 38.3 Å². The van der Waals surface area contributed by atoms with Crippen LogP contribution in [0.5, 0.6) is 17.2 Å². The minimum Gasteiger partial charge on any atom is -0.497 e. The van der Waals surface area contributed by atoms with Crippen molar-refractivity contribution in [1.29, 1.82) is 0 Å². The first-order valence-electron chi connectivity index (χ1n) is 12.2. The van der Waals surface area contributed by atoms with Crippen LogP contribution in [-0.2, 0) is 15.9 Å². The van der Waals surface area contributed by atoms with Crippen molar-refractivity contribution < 1.29 is 28.3 Å². The number of carbonyl (C=O) groups is 1. The first kappa shape index (κ1) is 26.5. The third-order valence-electron chi connectivity index (χ3n) is 6.86. The van der Waals surface area contributed by atoms with Gasteiger partial charge in [0.05, 0.1) is 31.0 Å². The van der Waals surface area contributed by atoms with E-state index in [9.17, 15) is 4.79 Å². The number of allylic oxidation sites excluding steroid dienone is 1. The predicted molar refractivity (Wildman–Crippen MR) is 146 cm³/mol. The molecule has 1 heterocycles. The van der Waals surface area contributed by atoms with Gasteiger partial charge in [-0.25, -0.2) is 0 Å². The van der Waals surface area contributed by atoms with E-state index in [1.54, 1.807) is 32.4 Å². The minimum absolute atomic E-state index is 0.217. The summed E-state index contributed by atoms with van der Waals surface area (Å²) in [6.07, 6.45) is 3.32. The van der Waals surface area contributed by atoms with Crippen molar-refractivity contribution in [3.63, 3.8) is 0 Å². The molecule has 0 atom stereocenters. The van der Waals surface area contributed by atoms with Crippen molar-refractivity contribution in [1.82, 2.24) is 0 Å². The first-order valence-corrected chi connectivity index (χ1v) is 12.2. The molecule has 0 bridgehead atoms. The molecule has 0 aliphatic carbocycles. The van der Waals surface area contributed by atoms with Crippen molar-refractivity contribution in [3.05, 3.63) is 89.5 Å². The van der Waals surface area contributed by atoms with Crippen molar-refractivity contribution >= 4 is 24.4 Å². The zero-order valence-electron chi connectivity index (χ0n) is 22.2. The van der Waals surface area contributed by atoms with E-state index in [-0.39, 0.29) is 12.4 Å². The Bertz CT molecular complexity index is 1250. The van der Waals surface area contributed by atoms with Crippen LogP contribution in [0, 0.1) is 0 Å². The molecule has 0 saturated carbocycles. The Hall–Kier alpha value is -3.55. The van der Waals surface area contributed by atoms with Crippen molar-refractivity contribution in [2.75, 3.05) is 14.2 Å². The lowest BCUT2D eigenvalue weighted by atomic mass is 9.77. The molecule has 192 valence electrons. The van der Waals surface area contributed by atoms with Gasteiger partial charge in [-0.15, -0.1) is 0 Å². The van der Waals surface area contributed by atoms with E-state index in [4.69, 9.17) is 23.5 Å². The molecule has 0 N–H and O–H groups in total. The van der Waals surface area contributed by atoms with E-state index in [2.05, 4.69) is 0 Å². The molecule has 6 nitrogen and oxygen atoms in total. The fourth-order valence-corrected chi connectivity index (χ4v) is 3.93. The standard InChI is InChI=1S/C30H33BO6/c1-29(2)30(3,4)37-31(36-29)23-18-25(26(32)17-14-21-10-8-7-9-11-21)28(27(19-23)34-6)35-20-22-12-15-24(33-5)16-13-22/h7-19H,20H2,1-6H3/b17-14+. The summed E-state index contributed by atoms with van der Waals surface area (Å²) in [7, 11) is 2.52. The Labute approximate surface area is 219 Å². The smallest absolute Gasteiger partial charge is 0.494 e. The highest BCUT2D eigenvalue weighted by Gasteiger charge is 2.52. The number of carbonyl (C=O) groups excluding carboxylic acids is 1. The second-order valence-electron chi connectivity index (χ2n) is 9.93. The Balaban J connectivity index is 1.70. The topological polar surface area (TPSA) is 63.2 Å². The highest BCUT2D eigenvalue weighted by Crippen LogP contribution is 2.38. The number of hydrogen-bond donors (Lipinski definition) is 0. The van der Waals surface area contributed by atoms with Gasteiger partial charge >= 0.3 is 7.12 Å². The SMILES string of the molecule is COc1ccc(COc2c(OC)cc(B3OC(C)(C)C(C)(C)O3)cc2C(=O)/C=C/c2ccccc2)cc1. The van der Waals surface area contributed by atoms with E-state index in [0.717, 1.165) is 16.9 Å². The van der Waals surface area contributed by atoms with E-state index in [1.165, 1.54) is 0 Å². The van der Waals surface area contributed by atoms with Crippen LogP contribution in [0.25, 0.3) is 6.08 Å². The van der Waals surface area contributed by atoms with Gasteiger partial charge in [0.2, 0.25) is 0 Å². The molecule has 0 amide bonds. The molecule has 0 unspecified atom stereocenters. The summed E-state index contributed by atoms with van der Waals surface area (Å²) in [5.74, 6) is 1.33. The summed E-state index contributed by atoms with van der Waals surface area (Å²) < 4.78 is 29.6. The fraction of sp³-hybridized carbons (Fsp3) is 0.300. The van der Waals surface area contributed by atoms with Crippen molar-refractivity contribution in [3.8, 4) is 17.2 Å². The molecule has 0 radical (unpaired) electrons. The Morgan fingerprint density at radius 1 is 0.892 bits per heavy atom. The molecular weight excluding hydrogens is 467 g/mol. The van der Waals surface area contributed by atoms with Gasteiger partial charge < -0.3 is 23.5 Å². The molecule has 3 aromatic rings. The largest absolute Gasteiger partial charge is 0.497 e. The molecule has 1 fully saturated rings. The molecule has 0 aromatic heterocycles. The van der Waals surface area contributed by atoms with Gasteiger partial charge in [-0.05, 0) is 74.6 Å². The molecule has 4 rings (SSSR count). The van der Waals surface area contributed by atoms with E-state index < -0.39 is 18.3 Å². The maximum Gasteiger partial charge on any atom is 0.494 e. The van der Waals surface area contributed by atoms with Gasteiger partial charge in [-0.2, -0.15) is 0 Å². The summed E-state index contributed by atoms with van der Waals surface area (Å²) in [5, 5.41) is 0. The number of ether oxygens (including phenoxy) is 3. The van der Waals surface area contributed by atoms with Gasteiger partial charge in [-0.1, -0.05) is 48.5 Å². The van der Waals surface area contributed by atoms with Crippen LogP contribution in [0.1, 0.15) is 49.2 Å². The first-order chi connectivity index (χ1) is 17.6. The average Bonchev–Trinajstić information content (AvgIpc) is 3.12. The molecule has 3 aromatic carbocycles. The number of benzene rings is 3. The van der Waals surface area contributed by atoms with Crippen LogP contribution < -0.4 is 19.7 Å². The van der Waals surface area contributed by atoms with Crippen molar-refractivity contribution in [2.24, 2.45) is 0 Å². The van der Waals surface area contributed by atoms with Gasteiger partial charge in [0.25, 0.3) is 0 Å². The quantitative estimate of drug-likeness (QED) is 0.220. The number of ketones is 1. The number of rotatable bonds is 9. The number of methoxy groups -OCH3 is 2. The summed E-state index contributed by atoms with van der Waals surface area (Å²) in [6, 6.07) is 20.8. The van der Waals surface area contributed by atoms with Crippen LogP contribution in [0.2, 0.25) is 0 Å². The Morgan fingerprint density at radius 3 is 2.14 bits per heavy atom. The van der Waals surface area contributed by atoms with Crippen LogP contribution in [0.3, 0.4) is 0 Å². The van der Waals surface area contributed by atoms with Crippen LogP contribution >= 0.6 is 0 Å². The van der Waals surface area contributed by atoms with Gasteiger partial charge in [0, 0.05) is 0 Å². The van der Waals surface area contributed by atoms with Gasteiger partial charge in [0.15, 0.2) is 17.3 Å². The zero-order valence-corrected chi connectivity index (χ0v) is 22.2. The van der Waals surface area contributed by atoms with Crippen LogP contribution in [0.15, 0.2) is 72.8 Å². The minimum atomic E-state index is -0.654. The maximum atomic E-state index is 13.5. The molecule has 1 saturated heterocycles. The van der Waals surface area contributed by atoms with E-state index >= 15 is 0 Å². The lowest BCUT2D eigenvalue weighted by molar-refractivity contribution is 0.00578.